The normalized spacial score (nSPS) is 11.4. The number of ether oxygens (including phenoxy) is 1. The third kappa shape index (κ3) is 5.52. The summed E-state index contributed by atoms with van der Waals surface area (Å²) in [5.41, 5.74) is 5.59. The molecule has 32 heavy (non-hydrogen) atoms. The van der Waals surface area contributed by atoms with Gasteiger partial charge in [-0.15, -0.1) is 11.3 Å². The van der Waals surface area contributed by atoms with Crippen LogP contribution in [0.15, 0.2) is 32.1 Å². The second-order valence-corrected chi connectivity index (χ2v) is 10.1. The fourth-order valence-corrected chi connectivity index (χ4v) is 5.16. The van der Waals surface area contributed by atoms with Crippen LogP contribution in [0.3, 0.4) is 0 Å². The zero-order valence-electron chi connectivity index (χ0n) is 17.9. The Balaban J connectivity index is 1.89. The van der Waals surface area contributed by atoms with Gasteiger partial charge in [-0.05, 0) is 24.1 Å². The molecule has 0 aliphatic heterocycles. The van der Waals surface area contributed by atoms with Crippen LogP contribution in [0.4, 0.5) is 11.5 Å². The lowest BCUT2D eigenvalue weighted by molar-refractivity contribution is -0.116. The molecule has 3 aromatic rings. The van der Waals surface area contributed by atoms with E-state index < -0.39 is 11.2 Å². The van der Waals surface area contributed by atoms with E-state index in [1.165, 1.54) is 39.7 Å². The summed E-state index contributed by atoms with van der Waals surface area (Å²) in [5.74, 6) is -0.257. The number of aromatic nitrogens is 3. The first-order valence-corrected chi connectivity index (χ1v) is 12.0. The van der Waals surface area contributed by atoms with Crippen molar-refractivity contribution in [2.45, 2.75) is 24.7 Å². The Morgan fingerprint density at radius 2 is 2.16 bits per heavy atom. The quantitative estimate of drug-likeness (QED) is 0.435. The molecule has 0 saturated carbocycles. The van der Waals surface area contributed by atoms with Gasteiger partial charge in [0.05, 0.1) is 22.6 Å². The summed E-state index contributed by atoms with van der Waals surface area (Å²) in [6.45, 7) is 4.46. The first-order valence-electron chi connectivity index (χ1n) is 9.82. The molecule has 0 aliphatic rings. The molecule has 3 N–H and O–H groups in total. The molecule has 0 unspecified atom stereocenters. The van der Waals surface area contributed by atoms with Gasteiger partial charge in [-0.1, -0.05) is 37.2 Å². The molecule has 2 aromatic heterocycles. The lowest BCUT2D eigenvalue weighted by atomic mass is 10.2. The lowest BCUT2D eigenvalue weighted by Crippen LogP contribution is -2.43. The fourth-order valence-electron chi connectivity index (χ4n) is 3.07. The number of nitrogens with two attached hydrogens (primary N) is 1. The van der Waals surface area contributed by atoms with E-state index in [1.54, 1.807) is 12.1 Å². The summed E-state index contributed by atoms with van der Waals surface area (Å²) in [7, 11) is 1.50. The van der Waals surface area contributed by atoms with Crippen molar-refractivity contribution in [2.24, 2.45) is 5.92 Å². The van der Waals surface area contributed by atoms with Gasteiger partial charge in [0.1, 0.15) is 5.82 Å². The first-order chi connectivity index (χ1) is 15.2. The zero-order valence-corrected chi connectivity index (χ0v) is 20.3. The fraction of sp³-hybridized carbons (Fsp3) is 0.400. The zero-order chi connectivity index (χ0) is 23.4. The minimum atomic E-state index is -0.711. The van der Waals surface area contributed by atoms with Crippen molar-refractivity contribution < 1.29 is 9.53 Å². The summed E-state index contributed by atoms with van der Waals surface area (Å²) < 4.78 is 8.05. The molecule has 9 nitrogen and oxygen atoms in total. The average Bonchev–Trinajstić information content (AvgIpc) is 3.13. The van der Waals surface area contributed by atoms with Gasteiger partial charge in [0.15, 0.2) is 10.0 Å². The Hall–Kier alpha value is -2.34. The van der Waals surface area contributed by atoms with Crippen molar-refractivity contribution in [1.82, 2.24) is 14.5 Å². The smallest absolute Gasteiger partial charge is 0.330 e. The highest BCUT2D eigenvalue weighted by Gasteiger charge is 2.24. The lowest BCUT2D eigenvalue weighted by Gasteiger charge is -2.24. The average molecular weight is 498 g/mol. The summed E-state index contributed by atoms with van der Waals surface area (Å²) in [6.07, 6.45) is 0. The number of methoxy groups -OCH3 is 1. The van der Waals surface area contributed by atoms with E-state index in [9.17, 15) is 14.4 Å². The number of rotatable bonds is 9. The maximum absolute atomic E-state index is 13.1. The molecule has 0 spiro atoms. The van der Waals surface area contributed by atoms with Crippen LogP contribution in [-0.2, 0) is 16.1 Å². The second kappa shape index (κ2) is 10.5. The topological polar surface area (TPSA) is 123 Å². The predicted octanol–water partition coefficient (Wildman–Crippen LogP) is 2.81. The van der Waals surface area contributed by atoms with E-state index in [1.807, 2.05) is 19.9 Å². The third-order valence-corrected chi connectivity index (χ3v) is 6.90. The van der Waals surface area contributed by atoms with Crippen LogP contribution >= 0.6 is 34.7 Å². The second-order valence-electron chi connectivity index (χ2n) is 7.42. The van der Waals surface area contributed by atoms with Crippen molar-refractivity contribution in [1.29, 1.82) is 0 Å². The summed E-state index contributed by atoms with van der Waals surface area (Å²) in [4.78, 5) is 46.0. The number of hydrogen-bond donors (Lipinski definition) is 2. The maximum atomic E-state index is 13.1. The van der Waals surface area contributed by atoms with Crippen molar-refractivity contribution in [3.8, 4) is 0 Å². The van der Waals surface area contributed by atoms with Gasteiger partial charge in [0.2, 0.25) is 5.91 Å². The number of carbonyl (C=O) groups excluding carboxylic acids is 1. The molecule has 3 rings (SSSR count). The van der Waals surface area contributed by atoms with E-state index in [-0.39, 0.29) is 42.2 Å². The molecule has 2 heterocycles. The molecule has 1 amide bonds. The molecule has 12 heteroatoms. The van der Waals surface area contributed by atoms with Gasteiger partial charge in [-0.3, -0.25) is 19.1 Å². The number of amides is 1. The summed E-state index contributed by atoms with van der Waals surface area (Å²) in [5, 5.41) is 0.590. The molecule has 0 saturated heterocycles. The Morgan fingerprint density at radius 1 is 1.41 bits per heavy atom. The number of H-pyrrole nitrogens is 1. The summed E-state index contributed by atoms with van der Waals surface area (Å²) in [6, 6.07) is 5.43. The summed E-state index contributed by atoms with van der Waals surface area (Å²) >= 11 is 8.72. The number of benzene rings is 1. The van der Waals surface area contributed by atoms with E-state index in [0.29, 0.717) is 15.9 Å². The maximum Gasteiger partial charge on any atom is 0.330 e. The Morgan fingerprint density at radius 3 is 2.84 bits per heavy atom. The number of thiazole rings is 1. The van der Waals surface area contributed by atoms with Gasteiger partial charge in [-0.2, -0.15) is 0 Å². The van der Waals surface area contributed by atoms with E-state index in [4.69, 9.17) is 22.1 Å². The van der Waals surface area contributed by atoms with Crippen LogP contribution in [0.5, 0.6) is 0 Å². The van der Waals surface area contributed by atoms with Gasteiger partial charge >= 0.3 is 5.69 Å². The van der Waals surface area contributed by atoms with E-state index in [0.717, 1.165) is 10.2 Å². The van der Waals surface area contributed by atoms with Crippen molar-refractivity contribution in [2.75, 3.05) is 36.6 Å². The van der Waals surface area contributed by atoms with Crippen molar-refractivity contribution in [3.05, 3.63) is 44.1 Å². The highest BCUT2D eigenvalue weighted by molar-refractivity contribution is 8.01. The number of fused-ring (bicyclic) bond motifs is 1. The highest BCUT2D eigenvalue weighted by atomic mass is 35.5. The highest BCUT2D eigenvalue weighted by Crippen LogP contribution is 2.31. The Kier molecular flexibility index (Phi) is 7.99. The molecule has 0 fully saturated rings. The van der Waals surface area contributed by atoms with Crippen molar-refractivity contribution >= 4 is 62.3 Å². The predicted molar refractivity (Wildman–Crippen MR) is 130 cm³/mol. The van der Waals surface area contributed by atoms with Gasteiger partial charge < -0.3 is 15.4 Å². The monoisotopic (exact) mass is 497 g/mol. The number of nitrogens with one attached hydrogen (secondary N) is 1. The molecule has 0 aliphatic carbocycles. The number of carbonyl (C=O) groups is 1. The minimum absolute atomic E-state index is 0.0272. The van der Waals surface area contributed by atoms with E-state index in [2.05, 4.69) is 9.97 Å². The molecule has 172 valence electrons. The van der Waals surface area contributed by atoms with Crippen LogP contribution in [0, 0.1) is 5.92 Å². The van der Waals surface area contributed by atoms with Crippen LogP contribution in [0.1, 0.15) is 13.8 Å². The van der Waals surface area contributed by atoms with Gasteiger partial charge in [0, 0.05) is 25.2 Å². The molecule has 1 aromatic carbocycles. The molecule has 0 radical (unpaired) electrons. The van der Waals surface area contributed by atoms with Crippen LogP contribution in [-0.4, -0.2) is 46.5 Å². The largest absolute Gasteiger partial charge is 0.383 e. The molecular weight excluding hydrogens is 474 g/mol. The number of nitrogen functional groups attached to an aromatic ring is 1. The standard InChI is InChI=1S/C20H24ClN5O4S2/c1-11(2)9-26-17(22)16(18(28)24-19(26)29)25(6-7-30-3)15(27)10-31-20-23-13-8-12(21)4-5-14(13)32-20/h4-5,8,11H,6-7,9-10,22H2,1-3H3,(H,24,28,29). The molecule has 0 bridgehead atoms. The molecular formula is C20H24ClN5O4S2. The SMILES string of the molecule is COCCN(C(=O)CSc1nc2cc(Cl)ccc2s1)c1c(N)n(CC(C)C)c(=O)[nH]c1=O. The van der Waals surface area contributed by atoms with Crippen LogP contribution < -0.4 is 21.9 Å². The van der Waals surface area contributed by atoms with Gasteiger partial charge in [-0.25, -0.2) is 9.78 Å². The van der Waals surface area contributed by atoms with E-state index >= 15 is 0 Å². The number of anilines is 2. The number of halogens is 1. The number of nitrogens with zero attached hydrogens (tertiary/aromatic N) is 3. The number of hydrogen-bond acceptors (Lipinski definition) is 8. The van der Waals surface area contributed by atoms with Crippen LogP contribution in [0.25, 0.3) is 10.2 Å². The van der Waals surface area contributed by atoms with Crippen molar-refractivity contribution in [3.63, 3.8) is 0 Å². The third-order valence-electron chi connectivity index (χ3n) is 4.50. The van der Waals surface area contributed by atoms with Crippen LogP contribution in [0.2, 0.25) is 5.02 Å². The van der Waals surface area contributed by atoms with Gasteiger partial charge in [0.25, 0.3) is 5.56 Å². The number of thioether (sulfide) groups is 1. The first kappa shape index (κ1) is 24.3. The minimum Gasteiger partial charge on any atom is -0.383 e. The molecule has 0 atom stereocenters. The number of aromatic amines is 1. The Labute approximate surface area is 197 Å². The Bertz CT molecular complexity index is 1240.